The SMILES string of the molecule is CC(=O)Nc1nc(CSc2ccc(Br)cc2)cs1. The summed E-state index contributed by atoms with van der Waals surface area (Å²) in [6, 6.07) is 8.17. The van der Waals surface area contributed by atoms with Crippen LogP contribution < -0.4 is 5.32 Å². The first-order valence-corrected chi connectivity index (χ1v) is 7.89. The van der Waals surface area contributed by atoms with Gasteiger partial charge in [-0.25, -0.2) is 4.98 Å². The van der Waals surface area contributed by atoms with Crippen LogP contribution in [0.15, 0.2) is 39.0 Å². The predicted molar refractivity (Wildman–Crippen MR) is 80.1 cm³/mol. The second-order valence-electron chi connectivity index (χ2n) is 3.57. The molecule has 0 aliphatic carbocycles. The number of hydrogen-bond donors (Lipinski definition) is 1. The van der Waals surface area contributed by atoms with E-state index in [1.54, 1.807) is 11.8 Å². The van der Waals surface area contributed by atoms with E-state index >= 15 is 0 Å². The quantitative estimate of drug-likeness (QED) is 0.848. The van der Waals surface area contributed by atoms with Gasteiger partial charge in [-0.05, 0) is 24.3 Å². The molecule has 18 heavy (non-hydrogen) atoms. The standard InChI is InChI=1S/C12H11BrN2OS2/c1-8(16)14-12-15-10(7-18-12)6-17-11-4-2-9(13)3-5-11/h2-5,7H,6H2,1H3,(H,14,15,16). The van der Waals surface area contributed by atoms with Crippen LogP contribution in [0.25, 0.3) is 0 Å². The summed E-state index contributed by atoms with van der Waals surface area (Å²) in [7, 11) is 0. The molecule has 94 valence electrons. The minimum atomic E-state index is -0.0866. The highest BCUT2D eigenvalue weighted by atomic mass is 79.9. The third-order valence-electron chi connectivity index (χ3n) is 2.04. The zero-order valence-corrected chi connectivity index (χ0v) is 12.9. The lowest BCUT2D eigenvalue weighted by atomic mass is 10.4. The van der Waals surface area contributed by atoms with Gasteiger partial charge in [-0.15, -0.1) is 23.1 Å². The fraction of sp³-hybridized carbons (Fsp3) is 0.167. The second-order valence-corrected chi connectivity index (χ2v) is 6.39. The van der Waals surface area contributed by atoms with Crippen LogP contribution in [0, 0.1) is 0 Å². The monoisotopic (exact) mass is 342 g/mol. The van der Waals surface area contributed by atoms with E-state index in [2.05, 4.69) is 38.4 Å². The smallest absolute Gasteiger partial charge is 0.223 e. The van der Waals surface area contributed by atoms with Crippen LogP contribution in [0.2, 0.25) is 0 Å². The first-order valence-electron chi connectivity index (χ1n) is 5.24. The summed E-state index contributed by atoms with van der Waals surface area (Å²) in [6.45, 7) is 1.48. The van der Waals surface area contributed by atoms with E-state index in [4.69, 9.17) is 0 Å². The Morgan fingerprint density at radius 1 is 1.44 bits per heavy atom. The summed E-state index contributed by atoms with van der Waals surface area (Å²) in [5.74, 6) is 0.717. The van der Waals surface area contributed by atoms with Gasteiger partial charge in [0.15, 0.2) is 5.13 Å². The summed E-state index contributed by atoms with van der Waals surface area (Å²) < 4.78 is 1.08. The maximum absolute atomic E-state index is 10.9. The molecule has 6 heteroatoms. The number of hydrogen-bond acceptors (Lipinski definition) is 4. The van der Waals surface area contributed by atoms with E-state index < -0.39 is 0 Å². The first kappa shape index (κ1) is 13.6. The van der Waals surface area contributed by atoms with Gasteiger partial charge in [0.1, 0.15) is 0 Å². The third kappa shape index (κ3) is 4.12. The van der Waals surface area contributed by atoms with E-state index in [9.17, 15) is 4.79 Å². The molecule has 2 rings (SSSR count). The Hall–Kier alpha value is -0.850. The molecular weight excluding hydrogens is 332 g/mol. The molecule has 3 nitrogen and oxygen atoms in total. The zero-order chi connectivity index (χ0) is 13.0. The van der Waals surface area contributed by atoms with Crippen molar-refractivity contribution in [2.75, 3.05) is 5.32 Å². The highest BCUT2D eigenvalue weighted by molar-refractivity contribution is 9.10. The lowest BCUT2D eigenvalue weighted by Gasteiger charge is -1.99. The first-order chi connectivity index (χ1) is 8.63. The largest absolute Gasteiger partial charge is 0.302 e. The van der Waals surface area contributed by atoms with Crippen LogP contribution in [0.4, 0.5) is 5.13 Å². The fourth-order valence-electron chi connectivity index (χ4n) is 1.27. The molecule has 0 saturated heterocycles. The average molecular weight is 343 g/mol. The molecule has 1 N–H and O–H groups in total. The van der Waals surface area contributed by atoms with Crippen molar-refractivity contribution in [3.63, 3.8) is 0 Å². The number of nitrogens with zero attached hydrogens (tertiary/aromatic N) is 1. The number of thioether (sulfide) groups is 1. The van der Waals surface area contributed by atoms with Gasteiger partial charge in [0, 0.05) is 27.4 Å². The van der Waals surface area contributed by atoms with E-state index in [1.807, 2.05) is 17.5 Å². The summed E-state index contributed by atoms with van der Waals surface area (Å²) >= 11 is 6.58. The van der Waals surface area contributed by atoms with Crippen LogP contribution >= 0.6 is 39.0 Å². The number of amides is 1. The normalized spacial score (nSPS) is 10.3. The molecule has 0 aliphatic rings. The third-order valence-corrected chi connectivity index (χ3v) is 4.42. The van der Waals surface area contributed by atoms with E-state index in [0.717, 1.165) is 15.9 Å². The summed E-state index contributed by atoms with van der Waals surface area (Å²) in [4.78, 5) is 16.4. The van der Waals surface area contributed by atoms with Gasteiger partial charge >= 0.3 is 0 Å². The minimum absolute atomic E-state index is 0.0866. The van der Waals surface area contributed by atoms with Crippen molar-refractivity contribution in [1.82, 2.24) is 4.98 Å². The van der Waals surface area contributed by atoms with E-state index in [0.29, 0.717) is 5.13 Å². The Morgan fingerprint density at radius 2 is 2.17 bits per heavy atom. The van der Waals surface area contributed by atoms with Crippen LogP contribution in [0.1, 0.15) is 12.6 Å². The minimum Gasteiger partial charge on any atom is -0.302 e. The van der Waals surface area contributed by atoms with Crippen molar-refractivity contribution in [3.05, 3.63) is 39.8 Å². The molecule has 1 heterocycles. The molecule has 1 amide bonds. The van der Waals surface area contributed by atoms with Gasteiger partial charge in [-0.3, -0.25) is 4.79 Å². The number of benzene rings is 1. The van der Waals surface area contributed by atoms with E-state index in [-0.39, 0.29) is 5.91 Å². The molecule has 0 atom stereocenters. The van der Waals surface area contributed by atoms with Crippen LogP contribution in [-0.4, -0.2) is 10.9 Å². The van der Waals surface area contributed by atoms with Gasteiger partial charge in [0.2, 0.25) is 5.91 Å². The Kier molecular flexibility index (Phi) is 4.79. The number of halogens is 1. The number of aromatic nitrogens is 1. The molecule has 0 bridgehead atoms. The molecule has 0 spiro atoms. The van der Waals surface area contributed by atoms with Gasteiger partial charge in [0.25, 0.3) is 0 Å². The molecule has 0 radical (unpaired) electrons. The number of carbonyl (C=O) groups excluding carboxylic acids is 1. The second kappa shape index (κ2) is 6.36. The molecule has 0 unspecified atom stereocenters. The number of nitrogens with one attached hydrogen (secondary N) is 1. The highest BCUT2D eigenvalue weighted by Gasteiger charge is 2.04. The molecule has 0 fully saturated rings. The van der Waals surface area contributed by atoms with E-state index in [1.165, 1.54) is 23.2 Å². The van der Waals surface area contributed by atoms with Crippen LogP contribution in [0.5, 0.6) is 0 Å². The van der Waals surface area contributed by atoms with Crippen LogP contribution in [0.3, 0.4) is 0 Å². The Labute approximate surface area is 122 Å². The summed E-state index contributed by atoms with van der Waals surface area (Å²) in [5.41, 5.74) is 0.983. The Morgan fingerprint density at radius 3 is 2.83 bits per heavy atom. The van der Waals surface area contributed by atoms with Crippen molar-refractivity contribution in [3.8, 4) is 0 Å². The topological polar surface area (TPSA) is 42.0 Å². The molecular formula is C12H11BrN2OS2. The molecule has 1 aromatic heterocycles. The average Bonchev–Trinajstić information content (AvgIpc) is 2.75. The number of thiazole rings is 1. The number of carbonyl (C=O) groups is 1. The summed E-state index contributed by atoms with van der Waals surface area (Å²) in [6.07, 6.45) is 0. The van der Waals surface area contributed by atoms with Crippen molar-refractivity contribution in [2.45, 2.75) is 17.6 Å². The maximum Gasteiger partial charge on any atom is 0.223 e. The maximum atomic E-state index is 10.9. The van der Waals surface area contributed by atoms with Crippen LogP contribution in [-0.2, 0) is 10.5 Å². The van der Waals surface area contributed by atoms with Gasteiger partial charge < -0.3 is 5.32 Å². The number of anilines is 1. The molecule has 2 aromatic rings. The molecule has 1 aromatic carbocycles. The van der Waals surface area contributed by atoms with Gasteiger partial charge in [-0.1, -0.05) is 15.9 Å². The van der Waals surface area contributed by atoms with Gasteiger partial charge in [-0.2, -0.15) is 0 Å². The molecule has 0 saturated carbocycles. The zero-order valence-electron chi connectivity index (χ0n) is 9.64. The fourth-order valence-corrected chi connectivity index (χ4v) is 3.19. The molecule has 0 aliphatic heterocycles. The lowest BCUT2D eigenvalue weighted by Crippen LogP contribution is -2.05. The predicted octanol–water partition coefficient (Wildman–Crippen LogP) is 4.16. The Bertz CT molecular complexity index is 539. The lowest BCUT2D eigenvalue weighted by molar-refractivity contribution is -0.114. The summed E-state index contributed by atoms with van der Waals surface area (Å²) in [5, 5.41) is 5.31. The van der Waals surface area contributed by atoms with Gasteiger partial charge in [0.05, 0.1) is 5.69 Å². The number of rotatable bonds is 4. The van der Waals surface area contributed by atoms with Crippen molar-refractivity contribution in [2.24, 2.45) is 0 Å². The Balaban J connectivity index is 1.92. The van der Waals surface area contributed by atoms with Crippen molar-refractivity contribution < 1.29 is 4.79 Å². The highest BCUT2D eigenvalue weighted by Crippen LogP contribution is 2.26. The van der Waals surface area contributed by atoms with Crippen molar-refractivity contribution in [1.29, 1.82) is 0 Å². The van der Waals surface area contributed by atoms with Crippen molar-refractivity contribution >= 4 is 50.1 Å².